The molecule has 1 heterocycles. The summed E-state index contributed by atoms with van der Waals surface area (Å²) in [6.45, 7) is -0.0607. The van der Waals surface area contributed by atoms with E-state index in [2.05, 4.69) is 5.32 Å². The molecule has 19 heavy (non-hydrogen) atoms. The monoisotopic (exact) mass is 275 g/mol. The van der Waals surface area contributed by atoms with E-state index in [0.29, 0.717) is 0 Å². The Bertz CT molecular complexity index is 361. The first-order valence-corrected chi connectivity index (χ1v) is 5.73. The lowest BCUT2D eigenvalue weighted by Gasteiger charge is -2.21. The van der Waals surface area contributed by atoms with Crippen LogP contribution in [0.25, 0.3) is 0 Å². The average molecular weight is 275 g/mol. The van der Waals surface area contributed by atoms with Crippen LogP contribution in [0.5, 0.6) is 0 Å². The second-order valence-electron chi connectivity index (χ2n) is 4.15. The van der Waals surface area contributed by atoms with E-state index in [1.54, 1.807) is 0 Å². The van der Waals surface area contributed by atoms with E-state index in [1.165, 1.54) is 0 Å². The molecule has 2 atom stereocenters. The normalized spacial score (nSPS) is 22.3. The SMILES string of the molecule is NC(=O)COCCNC(=O)N1CC(O)C[C@H]1C(=O)O. The van der Waals surface area contributed by atoms with Crippen molar-refractivity contribution in [3.8, 4) is 0 Å². The number of carbonyl (C=O) groups is 3. The maximum absolute atomic E-state index is 11.7. The number of primary amides is 1. The number of carboxylic acid groups (broad SMARTS) is 1. The fourth-order valence-electron chi connectivity index (χ4n) is 1.78. The third-order valence-corrected chi connectivity index (χ3v) is 2.59. The van der Waals surface area contributed by atoms with Crippen LogP contribution in [0.4, 0.5) is 4.79 Å². The van der Waals surface area contributed by atoms with Crippen LogP contribution in [0.1, 0.15) is 6.42 Å². The van der Waals surface area contributed by atoms with Crippen LogP contribution in [0.3, 0.4) is 0 Å². The second-order valence-corrected chi connectivity index (χ2v) is 4.15. The van der Waals surface area contributed by atoms with E-state index in [-0.39, 0.29) is 32.7 Å². The van der Waals surface area contributed by atoms with Gasteiger partial charge in [-0.05, 0) is 0 Å². The number of β-amino-alcohol motifs (C(OH)–C–C–N with tert-alkyl or cyclic N) is 1. The summed E-state index contributed by atoms with van der Waals surface area (Å²) in [4.78, 5) is 34.0. The van der Waals surface area contributed by atoms with Crippen molar-refractivity contribution in [1.29, 1.82) is 0 Å². The van der Waals surface area contributed by atoms with Crippen LogP contribution >= 0.6 is 0 Å². The summed E-state index contributed by atoms with van der Waals surface area (Å²) in [5.41, 5.74) is 4.85. The number of carboxylic acids is 1. The van der Waals surface area contributed by atoms with Gasteiger partial charge in [0.25, 0.3) is 0 Å². The maximum Gasteiger partial charge on any atom is 0.326 e. The van der Waals surface area contributed by atoms with Gasteiger partial charge in [0.1, 0.15) is 12.6 Å². The smallest absolute Gasteiger partial charge is 0.326 e. The fraction of sp³-hybridized carbons (Fsp3) is 0.700. The van der Waals surface area contributed by atoms with Crippen molar-refractivity contribution >= 4 is 17.9 Å². The van der Waals surface area contributed by atoms with Gasteiger partial charge >= 0.3 is 12.0 Å². The number of aliphatic carboxylic acids is 1. The molecule has 108 valence electrons. The third-order valence-electron chi connectivity index (χ3n) is 2.59. The number of nitrogens with two attached hydrogens (primary N) is 1. The number of amides is 3. The Morgan fingerprint density at radius 2 is 2.11 bits per heavy atom. The molecule has 0 aromatic heterocycles. The zero-order valence-electron chi connectivity index (χ0n) is 10.2. The number of ether oxygens (including phenoxy) is 1. The lowest BCUT2D eigenvalue weighted by atomic mass is 10.2. The van der Waals surface area contributed by atoms with Crippen LogP contribution in [0.2, 0.25) is 0 Å². The van der Waals surface area contributed by atoms with Crippen molar-refractivity contribution < 1.29 is 29.3 Å². The molecular formula is C10H17N3O6. The van der Waals surface area contributed by atoms with Gasteiger partial charge in [0.2, 0.25) is 5.91 Å². The molecular weight excluding hydrogens is 258 g/mol. The number of hydrogen-bond acceptors (Lipinski definition) is 5. The summed E-state index contributed by atoms with van der Waals surface area (Å²) in [6.07, 6.45) is -0.820. The Morgan fingerprint density at radius 1 is 1.42 bits per heavy atom. The minimum Gasteiger partial charge on any atom is -0.480 e. The van der Waals surface area contributed by atoms with Gasteiger partial charge in [-0.1, -0.05) is 0 Å². The standard InChI is InChI=1S/C10H17N3O6/c11-8(15)5-19-2-1-12-10(18)13-4-6(14)3-7(13)9(16)17/h6-7,14H,1-5H2,(H2,11,15)(H,12,18)(H,16,17)/t6?,7-/m0/s1. The number of nitrogens with one attached hydrogen (secondary N) is 1. The van der Waals surface area contributed by atoms with Gasteiger partial charge in [0.05, 0.1) is 12.7 Å². The summed E-state index contributed by atoms with van der Waals surface area (Å²) >= 11 is 0. The molecule has 0 aromatic rings. The van der Waals surface area contributed by atoms with Crippen molar-refractivity contribution in [1.82, 2.24) is 10.2 Å². The number of carbonyl (C=O) groups excluding carboxylic acids is 2. The van der Waals surface area contributed by atoms with Crippen LogP contribution in [-0.4, -0.2) is 71.5 Å². The zero-order chi connectivity index (χ0) is 14.4. The number of urea groups is 1. The van der Waals surface area contributed by atoms with E-state index in [0.717, 1.165) is 4.90 Å². The number of nitrogens with zero attached hydrogens (tertiary/aromatic N) is 1. The molecule has 9 nitrogen and oxygen atoms in total. The van der Waals surface area contributed by atoms with Gasteiger partial charge in [0.15, 0.2) is 0 Å². The van der Waals surface area contributed by atoms with Crippen molar-refractivity contribution in [3.63, 3.8) is 0 Å². The fourth-order valence-corrected chi connectivity index (χ4v) is 1.78. The highest BCUT2D eigenvalue weighted by Crippen LogP contribution is 2.17. The largest absolute Gasteiger partial charge is 0.480 e. The van der Waals surface area contributed by atoms with Crippen LogP contribution in [-0.2, 0) is 14.3 Å². The van der Waals surface area contributed by atoms with Crippen molar-refractivity contribution in [2.45, 2.75) is 18.6 Å². The van der Waals surface area contributed by atoms with Crippen molar-refractivity contribution in [3.05, 3.63) is 0 Å². The third kappa shape index (κ3) is 4.72. The summed E-state index contributed by atoms with van der Waals surface area (Å²) in [5.74, 6) is -1.77. The average Bonchev–Trinajstić information content (AvgIpc) is 2.70. The predicted octanol–water partition coefficient (Wildman–Crippen LogP) is -2.28. The second kappa shape index (κ2) is 6.90. The lowest BCUT2D eigenvalue weighted by Crippen LogP contribution is -2.47. The highest BCUT2D eigenvalue weighted by molar-refractivity contribution is 5.83. The van der Waals surface area contributed by atoms with Crippen LogP contribution in [0.15, 0.2) is 0 Å². The highest BCUT2D eigenvalue weighted by Gasteiger charge is 2.38. The van der Waals surface area contributed by atoms with Crippen LogP contribution in [0, 0.1) is 0 Å². The van der Waals surface area contributed by atoms with Crippen molar-refractivity contribution in [2.75, 3.05) is 26.3 Å². The molecule has 0 aliphatic carbocycles. The summed E-state index contributed by atoms with van der Waals surface area (Å²) in [6, 6.07) is -1.62. The Hall–Kier alpha value is -1.87. The Balaban J connectivity index is 2.32. The molecule has 3 amide bonds. The first-order chi connectivity index (χ1) is 8.91. The van der Waals surface area contributed by atoms with E-state index in [1.807, 2.05) is 0 Å². The lowest BCUT2D eigenvalue weighted by molar-refractivity contribution is -0.141. The molecule has 5 N–H and O–H groups in total. The van der Waals surface area contributed by atoms with Crippen molar-refractivity contribution in [2.24, 2.45) is 5.73 Å². The van der Waals surface area contributed by atoms with Gasteiger partial charge in [-0.3, -0.25) is 4.79 Å². The van der Waals surface area contributed by atoms with Gasteiger partial charge in [-0.15, -0.1) is 0 Å². The Kier molecular flexibility index (Phi) is 5.52. The van der Waals surface area contributed by atoms with Gasteiger partial charge in [-0.25, -0.2) is 9.59 Å². The maximum atomic E-state index is 11.7. The number of rotatable bonds is 6. The molecule has 0 saturated carbocycles. The molecule has 1 unspecified atom stereocenters. The van der Waals surface area contributed by atoms with E-state index in [4.69, 9.17) is 15.6 Å². The molecule has 0 aromatic carbocycles. The van der Waals surface area contributed by atoms with E-state index >= 15 is 0 Å². The van der Waals surface area contributed by atoms with E-state index < -0.39 is 30.1 Å². The number of aliphatic hydroxyl groups excluding tert-OH is 1. The summed E-state index contributed by atoms with van der Waals surface area (Å²) in [7, 11) is 0. The predicted molar refractivity (Wildman–Crippen MR) is 62.2 cm³/mol. The molecule has 9 heteroatoms. The molecule has 0 spiro atoms. The van der Waals surface area contributed by atoms with Crippen LogP contribution < -0.4 is 11.1 Å². The molecule has 1 saturated heterocycles. The summed E-state index contributed by atoms with van der Waals surface area (Å²) in [5, 5.41) is 20.7. The van der Waals surface area contributed by atoms with Gasteiger partial charge in [-0.2, -0.15) is 0 Å². The minimum absolute atomic E-state index is 0.0148. The number of hydrogen-bond donors (Lipinski definition) is 4. The quantitative estimate of drug-likeness (QED) is 0.402. The van der Waals surface area contributed by atoms with E-state index in [9.17, 15) is 19.5 Å². The number of likely N-dealkylation sites (tertiary alicyclic amines) is 1. The molecule has 1 aliphatic rings. The Morgan fingerprint density at radius 3 is 2.68 bits per heavy atom. The molecule has 1 aliphatic heterocycles. The first kappa shape index (κ1) is 15.2. The Labute approximate surface area is 109 Å². The molecule has 1 rings (SSSR count). The number of aliphatic hydroxyl groups is 1. The minimum atomic E-state index is -1.16. The molecule has 0 radical (unpaired) electrons. The molecule has 1 fully saturated rings. The van der Waals surface area contributed by atoms with Gasteiger partial charge < -0.3 is 30.9 Å². The zero-order valence-corrected chi connectivity index (χ0v) is 10.2. The van der Waals surface area contributed by atoms with Gasteiger partial charge in [0, 0.05) is 19.5 Å². The highest BCUT2D eigenvalue weighted by atomic mass is 16.5. The topological polar surface area (TPSA) is 142 Å². The molecule has 0 bridgehead atoms. The summed E-state index contributed by atoms with van der Waals surface area (Å²) < 4.78 is 4.83. The first-order valence-electron chi connectivity index (χ1n) is 5.73.